The number of aliphatic hydroxyl groups is 1. The zero-order valence-corrected chi connectivity index (χ0v) is 13.5. The first-order valence-corrected chi connectivity index (χ1v) is 8.10. The van der Waals surface area contributed by atoms with Crippen molar-refractivity contribution in [2.75, 3.05) is 65.4 Å². The third-order valence-corrected chi connectivity index (χ3v) is 4.13. The summed E-state index contributed by atoms with van der Waals surface area (Å²) in [5, 5.41) is 13.2. The molecule has 0 spiro atoms. The van der Waals surface area contributed by atoms with Crippen molar-refractivity contribution in [2.24, 2.45) is 0 Å². The normalized spacial score (nSPS) is 23.1. The standard InChI is InChI=1S/C15H30N4O2/c1-15(2,21)13-18-8-10-19(11-9-18)14(20)12-17-6-3-4-16-5-7-17/h16,21H,3-13H2,1-2H3. The Morgan fingerprint density at radius 2 is 1.76 bits per heavy atom. The molecule has 0 atom stereocenters. The zero-order chi connectivity index (χ0) is 15.3. The summed E-state index contributed by atoms with van der Waals surface area (Å²) in [5.41, 5.74) is -0.661. The molecule has 0 bridgehead atoms. The summed E-state index contributed by atoms with van der Waals surface area (Å²) in [5.74, 6) is 0.250. The Labute approximate surface area is 128 Å². The molecule has 2 saturated heterocycles. The molecule has 2 aliphatic rings. The van der Waals surface area contributed by atoms with E-state index in [1.807, 2.05) is 18.7 Å². The fraction of sp³-hybridized carbons (Fsp3) is 0.933. The van der Waals surface area contributed by atoms with E-state index in [1.165, 1.54) is 0 Å². The third kappa shape index (κ3) is 5.90. The van der Waals surface area contributed by atoms with Crippen LogP contribution in [0.15, 0.2) is 0 Å². The van der Waals surface area contributed by atoms with Crippen molar-refractivity contribution in [1.29, 1.82) is 0 Å². The number of piperazine rings is 1. The highest BCUT2D eigenvalue weighted by atomic mass is 16.3. The molecule has 1 amide bonds. The Morgan fingerprint density at radius 3 is 2.43 bits per heavy atom. The van der Waals surface area contributed by atoms with Gasteiger partial charge in [-0.3, -0.25) is 14.6 Å². The minimum Gasteiger partial charge on any atom is -0.389 e. The lowest BCUT2D eigenvalue weighted by molar-refractivity contribution is -0.134. The van der Waals surface area contributed by atoms with Crippen LogP contribution in [0.1, 0.15) is 20.3 Å². The fourth-order valence-electron chi connectivity index (χ4n) is 3.05. The van der Waals surface area contributed by atoms with E-state index in [0.717, 1.165) is 58.8 Å². The van der Waals surface area contributed by atoms with Gasteiger partial charge in [-0.05, 0) is 33.4 Å². The molecule has 0 radical (unpaired) electrons. The van der Waals surface area contributed by atoms with Crippen LogP contribution in [0.4, 0.5) is 0 Å². The first-order valence-electron chi connectivity index (χ1n) is 8.10. The number of hydrogen-bond acceptors (Lipinski definition) is 5. The molecule has 6 heteroatoms. The second-order valence-electron chi connectivity index (χ2n) is 6.85. The zero-order valence-electron chi connectivity index (χ0n) is 13.5. The quantitative estimate of drug-likeness (QED) is 0.711. The second-order valence-corrected chi connectivity index (χ2v) is 6.85. The number of carbonyl (C=O) groups excluding carboxylic acids is 1. The average Bonchev–Trinajstić information content (AvgIpc) is 2.66. The molecule has 122 valence electrons. The molecule has 0 aromatic heterocycles. The number of carbonyl (C=O) groups is 1. The topological polar surface area (TPSA) is 59.1 Å². The van der Waals surface area contributed by atoms with Crippen LogP contribution >= 0.6 is 0 Å². The van der Waals surface area contributed by atoms with Gasteiger partial charge in [0.2, 0.25) is 5.91 Å². The maximum absolute atomic E-state index is 12.4. The van der Waals surface area contributed by atoms with Crippen LogP contribution in [0.3, 0.4) is 0 Å². The third-order valence-electron chi connectivity index (χ3n) is 4.13. The summed E-state index contributed by atoms with van der Waals surface area (Å²) in [6.07, 6.45) is 1.12. The highest BCUT2D eigenvalue weighted by molar-refractivity contribution is 5.78. The summed E-state index contributed by atoms with van der Waals surface area (Å²) >= 11 is 0. The van der Waals surface area contributed by atoms with Crippen molar-refractivity contribution in [2.45, 2.75) is 25.9 Å². The smallest absolute Gasteiger partial charge is 0.236 e. The van der Waals surface area contributed by atoms with Crippen molar-refractivity contribution in [3.63, 3.8) is 0 Å². The highest BCUT2D eigenvalue weighted by Crippen LogP contribution is 2.09. The lowest BCUT2D eigenvalue weighted by atomic mass is 10.1. The second kappa shape index (κ2) is 7.54. The van der Waals surface area contributed by atoms with Crippen LogP contribution in [-0.2, 0) is 4.79 Å². The minimum absolute atomic E-state index is 0.250. The summed E-state index contributed by atoms with van der Waals surface area (Å²) < 4.78 is 0. The first kappa shape index (κ1) is 16.7. The Hall–Kier alpha value is -0.690. The molecule has 0 aromatic rings. The number of rotatable bonds is 4. The first-order chi connectivity index (χ1) is 9.94. The van der Waals surface area contributed by atoms with Gasteiger partial charge in [0.1, 0.15) is 0 Å². The van der Waals surface area contributed by atoms with Crippen LogP contribution < -0.4 is 5.32 Å². The van der Waals surface area contributed by atoms with Crippen molar-refractivity contribution >= 4 is 5.91 Å². The Kier molecular flexibility index (Phi) is 5.98. The predicted molar refractivity (Wildman–Crippen MR) is 83.2 cm³/mol. The molecule has 2 N–H and O–H groups in total. The molecular weight excluding hydrogens is 268 g/mol. The summed E-state index contributed by atoms with van der Waals surface area (Å²) in [4.78, 5) is 18.8. The van der Waals surface area contributed by atoms with E-state index >= 15 is 0 Å². The van der Waals surface area contributed by atoms with E-state index in [4.69, 9.17) is 0 Å². The van der Waals surface area contributed by atoms with Gasteiger partial charge >= 0.3 is 0 Å². The fourth-order valence-corrected chi connectivity index (χ4v) is 3.05. The van der Waals surface area contributed by atoms with E-state index in [-0.39, 0.29) is 5.91 Å². The van der Waals surface area contributed by atoms with Gasteiger partial charge in [0.25, 0.3) is 0 Å². The van der Waals surface area contributed by atoms with Crippen LogP contribution in [0, 0.1) is 0 Å². The molecule has 0 unspecified atom stereocenters. The summed E-state index contributed by atoms with van der Waals surface area (Å²) in [6.45, 7) is 12.2. The molecule has 0 aliphatic carbocycles. The number of nitrogens with zero attached hydrogens (tertiary/aromatic N) is 3. The maximum atomic E-state index is 12.4. The molecule has 21 heavy (non-hydrogen) atoms. The molecular formula is C15H30N4O2. The Bertz CT molecular complexity index is 327. The van der Waals surface area contributed by atoms with Crippen LogP contribution in [-0.4, -0.2) is 96.8 Å². The summed E-state index contributed by atoms with van der Waals surface area (Å²) in [6, 6.07) is 0. The average molecular weight is 298 g/mol. The molecule has 2 fully saturated rings. The molecule has 0 saturated carbocycles. The highest BCUT2D eigenvalue weighted by Gasteiger charge is 2.25. The van der Waals surface area contributed by atoms with E-state index in [0.29, 0.717) is 13.1 Å². The molecule has 2 rings (SSSR count). The number of amides is 1. The van der Waals surface area contributed by atoms with Crippen molar-refractivity contribution in [3.05, 3.63) is 0 Å². The van der Waals surface area contributed by atoms with Crippen molar-refractivity contribution < 1.29 is 9.90 Å². The van der Waals surface area contributed by atoms with Gasteiger partial charge in [-0.2, -0.15) is 0 Å². The van der Waals surface area contributed by atoms with Crippen LogP contribution in [0.25, 0.3) is 0 Å². The lowest BCUT2D eigenvalue weighted by Gasteiger charge is -2.38. The molecule has 2 aliphatic heterocycles. The molecule has 0 aromatic carbocycles. The van der Waals surface area contributed by atoms with Gasteiger partial charge in [0.05, 0.1) is 12.1 Å². The van der Waals surface area contributed by atoms with Gasteiger partial charge in [-0.1, -0.05) is 0 Å². The van der Waals surface area contributed by atoms with Crippen LogP contribution in [0.5, 0.6) is 0 Å². The summed E-state index contributed by atoms with van der Waals surface area (Å²) in [7, 11) is 0. The van der Waals surface area contributed by atoms with E-state index in [9.17, 15) is 9.90 Å². The minimum atomic E-state index is -0.661. The van der Waals surface area contributed by atoms with Gasteiger partial charge in [0, 0.05) is 45.8 Å². The van der Waals surface area contributed by atoms with Crippen LogP contribution in [0.2, 0.25) is 0 Å². The Morgan fingerprint density at radius 1 is 1.05 bits per heavy atom. The van der Waals surface area contributed by atoms with E-state index in [1.54, 1.807) is 0 Å². The molecule has 6 nitrogen and oxygen atoms in total. The SMILES string of the molecule is CC(C)(O)CN1CCN(C(=O)CN2CCCNCC2)CC1. The molecule has 2 heterocycles. The van der Waals surface area contributed by atoms with E-state index < -0.39 is 5.60 Å². The monoisotopic (exact) mass is 298 g/mol. The predicted octanol–water partition coefficient (Wildman–Crippen LogP) is -0.803. The number of hydrogen-bond donors (Lipinski definition) is 2. The van der Waals surface area contributed by atoms with Crippen molar-refractivity contribution in [3.8, 4) is 0 Å². The van der Waals surface area contributed by atoms with Crippen molar-refractivity contribution in [1.82, 2.24) is 20.0 Å². The number of β-amino-alcohol motifs (C(OH)–C–C–N with tert-alkyl or cyclic N) is 1. The largest absolute Gasteiger partial charge is 0.389 e. The van der Waals surface area contributed by atoms with Gasteiger partial charge in [-0.15, -0.1) is 0 Å². The lowest BCUT2D eigenvalue weighted by Crippen LogP contribution is -2.53. The van der Waals surface area contributed by atoms with Gasteiger partial charge in [-0.25, -0.2) is 0 Å². The maximum Gasteiger partial charge on any atom is 0.236 e. The van der Waals surface area contributed by atoms with Gasteiger partial charge < -0.3 is 15.3 Å². The van der Waals surface area contributed by atoms with Gasteiger partial charge in [0.15, 0.2) is 0 Å². The Balaban J connectivity index is 1.72. The van der Waals surface area contributed by atoms with E-state index in [2.05, 4.69) is 15.1 Å². The number of nitrogens with one attached hydrogen (secondary N) is 1.